The minimum Gasteiger partial charge on any atom is -0.497 e. The Balaban J connectivity index is 1.11. The number of nitrogens with one attached hydrogen (secondary N) is 1. The monoisotopic (exact) mass is 485 g/mol. The summed E-state index contributed by atoms with van der Waals surface area (Å²) in [4.78, 5) is 19.8. The van der Waals surface area contributed by atoms with Crippen molar-refractivity contribution in [2.45, 2.75) is 19.4 Å². The van der Waals surface area contributed by atoms with Gasteiger partial charge < -0.3 is 24.4 Å². The van der Waals surface area contributed by atoms with Crippen LogP contribution in [0.5, 0.6) is 17.2 Å². The van der Waals surface area contributed by atoms with Crippen LogP contribution in [0, 0.1) is 5.92 Å². The highest BCUT2D eigenvalue weighted by molar-refractivity contribution is 5.80. The second-order valence-electron chi connectivity index (χ2n) is 9.01. The molecule has 0 saturated carbocycles. The number of hydrogen-bond acceptors (Lipinski definition) is 7. The zero-order chi connectivity index (χ0) is 24.5. The Morgan fingerprint density at radius 1 is 1.11 bits per heavy atom. The van der Waals surface area contributed by atoms with E-state index >= 15 is 0 Å². The van der Waals surface area contributed by atoms with Gasteiger partial charge in [0.2, 0.25) is 12.7 Å². The van der Waals surface area contributed by atoms with Crippen LogP contribution in [0.1, 0.15) is 18.4 Å². The normalized spacial score (nSPS) is 15.3. The molecule has 9 heteroatoms. The fourth-order valence-electron chi connectivity index (χ4n) is 4.81. The average Bonchev–Trinajstić information content (AvgIpc) is 3.58. The molecular weight excluding hydrogens is 458 g/mol. The Labute approximate surface area is 208 Å². The smallest absolute Gasteiger partial charge is 0.231 e. The maximum Gasteiger partial charge on any atom is 0.231 e. The summed E-state index contributed by atoms with van der Waals surface area (Å²) in [5.74, 6) is 3.22. The molecule has 2 aliphatic rings. The lowest BCUT2D eigenvalue weighted by Crippen LogP contribution is -2.40. The summed E-state index contributed by atoms with van der Waals surface area (Å²) >= 11 is 0. The predicted octanol–water partition coefficient (Wildman–Crippen LogP) is 3.67. The lowest BCUT2D eigenvalue weighted by molar-refractivity contribution is -0.125. The number of carbonyl (C=O) groups excluding carboxylic acids is 1. The van der Waals surface area contributed by atoms with Crippen LogP contribution in [0.4, 0.5) is 5.82 Å². The van der Waals surface area contributed by atoms with Gasteiger partial charge in [0.05, 0.1) is 12.8 Å². The third kappa shape index (κ3) is 4.28. The molecule has 1 N–H and O–H groups in total. The van der Waals surface area contributed by atoms with Gasteiger partial charge in [0.15, 0.2) is 17.3 Å². The zero-order valence-corrected chi connectivity index (χ0v) is 20.0. The zero-order valence-electron chi connectivity index (χ0n) is 20.0. The molecule has 0 unspecified atom stereocenters. The number of benzene rings is 2. The number of aromatic nitrogens is 3. The number of amides is 1. The highest BCUT2D eigenvalue weighted by atomic mass is 16.7. The van der Waals surface area contributed by atoms with Crippen LogP contribution in [0.15, 0.2) is 60.9 Å². The molecule has 0 atom stereocenters. The molecule has 9 nitrogen and oxygen atoms in total. The molecule has 0 aliphatic carbocycles. The van der Waals surface area contributed by atoms with E-state index in [-0.39, 0.29) is 18.6 Å². The largest absolute Gasteiger partial charge is 0.497 e. The standard InChI is InChI=1S/C27H27N5O4/c1-34-21-4-2-3-20(14-21)22-15-23-26(28-9-12-32(23)30-22)31-10-7-19(8-11-31)27(33)29-16-18-5-6-24-25(13-18)36-17-35-24/h2-6,9,12-15,19H,7-8,10-11,16-17H2,1H3,(H,29,33). The van der Waals surface area contributed by atoms with E-state index in [0.717, 1.165) is 71.3 Å². The molecule has 4 heterocycles. The number of fused-ring (bicyclic) bond motifs is 2. The van der Waals surface area contributed by atoms with Crippen LogP contribution in [-0.2, 0) is 11.3 Å². The maximum absolute atomic E-state index is 12.8. The maximum atomic E-state index is 12.8. The highest BCUT2D eigenvalue weighted by Gasteiger charge is 2.27. The van der Waals surface area contributed by atoms with Crippen LogP contribution >= 0.6 is 0 Å². The third-order valence-corrected chi connectivity index (χ3v) is 6.80. The number of rotatable bonds is 6. The second kappa shape index (κ2) is 9.41. The molecular formula is C27H27N5O4. The Bertz CT molecular complexity index is 1410. The molecule has 0 radical (unpaired) electrons. The first-order chi connectivity index (χ1) is 17.7. The van der Waals surface area contributed by atoms with Crippen molar-refractivity contribution in [3.05, 3.63) is 66.5 Å². The molecule has 0 spiro atoms. The van der Waals surface area contributed by atoms with Gasteiger partial charge in [0.25, 0.3) is 0 Å². The van der Waals surface area contributed by atoms with Gasteiger partial charge in [-0.3, -0.25) is 4.79 Å². The Hall–Kier alpha value is -4.27. The first-order valence-electron chi connectivity index (χ1n) is 12.1. The van der Waals surface area contributed by atoms with E-state index in [1.54, 1.807) is 13.3 Å². The summed E-state index contributed by atoms with van der Waals surface area (Å²) in [6.07, 6.45) is 5.17. The van der Waals surface area contributed by atoms with Crippen molar-refractivity contribution in [2.24, 2.45) is 5.92 Å². The highest BCUT2D eigenvalue weighted by Crippen LogP contribution is 2.33. The molecule has 184 valence electrons. The van der Waals surface area contributed by atoms with E-state index in [2.05, 4.69) is 21.3 Å². The Morgan fingerprint density at radius 2 is 1.97 bits per heavy atom. The van der Waals surface area contributed by atoms with Crippen molar-refractivity contribution in [3.8, 4) is 28.5 Å². The Morgan fingerprint density at radius 3 is 2.83 bits per heavy atom. The SMILES string of the molecule is COc1cccc(-c2cc3c(N4CCC(C(=O)NCc5ccc6c(c5)OCO6)CC4)nccn3n2)c1. The van der Waals surface area contributed by atoms with Crippen LogP contribution in [0.2, 0.25) is 0 Å². The Kier molecular flexibility index (Phi) is 5.80. The van der Waals surface area contributed by atoms with Crippen molar-refractivity contribution in [1.29, 1.82) is 0 Å². The van der Waals surface area contributed by atoms with Gasteiger partial charge in [0, 0.05) is 43.5 Å². The van der Waals surface area contributed by atoms with Gasteiger partial charge in [0.1, 0.15) is 11.3 Å². The van der Waals surface area contributed by atoms with Gasteiger partial charge in [-0.2, -0.15) is 5.10 Å². The van der Waals surface area contributed by atoms with E-state index in [9.17, 15) is 4.79 Å². The van der Waals surface area contributed by atoms with Crippen LogP contribution in [0.25, 0.3) is 16.8 Å². The molecule has 6 rings (SSSR count). The fraction of sp³-hybridized carbons (Fsp3) is 0.296. The van der Waals surface area contributed by atoms with E-state index in [0.29, 0.717) is 6.54 Å². The topological polar surface area (TPSA) is 90.2 Å². The minimum atomic E-state index is -0.0211. The van der Waals surface area contributed by atoms with E-state index in [1.807, 2.05) is 53.2 Å². The number of ether oxygens (including phenoxy) is 3. The molecule has 2 aromatic heterocycles. The molecule has 1 fully saturated rings. The molecule has 4 aromatic rings. The molecule has 0 bridgehead atoms. The summed E-state index contributed by atoms with van der Waals surface area (Å²) in [5, 5.41) is 7.83. The van der Waals surface area contributed by atoms with Gasteiger partial charge in [-0.05, 0) is 48.7 Å². The van der Waals surface area contributed by atoms with E-state index in [1.165, 1.54) is 0 Å². The van der Waals surface area contributed by atoms with Gasteiger partial charge in [-0.15, -0.1) is 0 Å². The van der Waals surface area contributed by atoms with Crippen LogP contribution in [-0.4, -0.2) is 47.5 Å². The predicted molar refractivity (Wildman–Crippen MR) is 134 cm³/mol. The van der Waals surface area contributed by atoms with Gasteiger partial charge in [-0.25, -0.2) is 9.50 Å². The lowest BCUT2D eigenvalue weighted by Gasteiger charge is -2.32. The summed E-state index contributed by atoms with van der Waals surface area (Å²) < 4.78 is 18.0. The molecule has 1 saturated heterocycles. The summed E-state index contributed by atoms with van der Waals surface area (Å²) in [6.45, 7) is 2.23. The van der Waals surface area contributed by atoms with E-state index < -0.39 is 0 Å². The molecule has 1 amide bonds. The average molecular weight is 486 g/mol. The number of methoxy groups -OCH3 is 1. The van der Waals surface area contributed by atoms with Gasteiger partial charge in [-0.1, -0.05) is 18.2 Å². The number of hydrogen-bond donors (Lipinski definition) is 1. The van der Waals surface area contributed by atoms with Crippen molar-refractivity contribution < 1.29 is 19.0 Å². The van der Waals surface area contributed by atoms with Crippen molar-refractivity contribution in [3.63, 3.8) is 0 Å². The van der Waals surface area contributed by atoms with Crippen LogP contribution in [0.3, 0.4) is 0 Å². The molecule has 36 heavy (non-hydrogen) atoms. The fourth-order valence-corrected chi connectivity index (χ4v) is 4.81. The summed E-state index contributed by atoms with van der Waals surface area (Å²) in [5.41, 5.74) is 3.79. The second-order valence-corrected chi connectivity index (χ2v) is 9.01. The first-order valence-corrected chi connectivity index (χ1v) is 12.1. The van der Waals surface area contributed by atoms with Crippen molar-refractivity contribution >= 4 is 17.2 Å². The minimum absolute atomic E-state index is 0.0211. The number of carbonyl (C=O) groups is 1. The van der Waals surface area contributed by atoms with Crippen molar-refractivity contribution in [1.82, 2.24) is 19.9 Å². The van der Waals surface area contributed by atoms with Crippen LogP contribution < -0.4 is 24.4 Å². The summed E-state index contributed by atoms with van der Waals surface area (Å²) in [6, 6.07) is 15.7. The van der Waals surface area contributed by atoms with E-state index in [4.69, 9.17) is 19.3 Å². The number of anilines is 1. The lowest BCUT2D eigenvalue weighted by atomic mass is 9.95. The first kappa shape index (κ1) is 22.2. The van der Waals surface area contributed by atoms with Gasteiger partial charge >= 0.3 is 0 Å². The molecule has 2 aromatic carbocycles. The third-order valence-electron chi connectivity index (χ3n) is 6.80. The number of piperidine rings is 1. The molecule has 2 aliphatic heterocycles. The quantitative estimate of drug-likeness (QED) is 0.446. The van der Waals surface area contributed by atoms with Crippen molar-refractivity contribution in [2.75, 3.05) is 31.9 Å². The number of nitrogens with zero attached hydrogens (tertiary/aromatic N) is 4. The summed E-state index contributed by atoms with van der Waals surface area (Å²) in [7, 11) is 1.66.